The minimum absolute atomic E-state index is 0.0466. The van der Waals surface area contributed by atoms with Gasteiger partial charge in [-0.25, -0.2) is 0 Å². The fraction of sp³-hybridized carbons (Fsp3) is 0.462. The second-order valence-corrected chi connectivity index (χ2v) is 4.55. The maximum Gasteiger partial charge on any atom is 0.292 e. The zero-order chi connectivity index (χ0) is 14.5. The van der Waals surface area contributed by atoms with E-state index in [1.54, 1.807) is 23.1 Å². The summed E-state index contributed by atoms with van der Waals surface area (Å²) in [4.78, 5) is 26.0. The predicted molar refractivity (Wildman–Crippen MR) is 73.8 cm³/mol. The quantitative estimate of drug-likeness (QED) is 0.604. The number of amides is 1. The molecule has 0 aliphatic carbocycles. The van der Waals surface area contributed by atoms with Crippen molar-refractivity contribution in [2.45, 2.75) is 0 Å². The Morgan fingerprint density at radius 2 is 1.95 bits per heavy atom. The molecule has 1 aromatic rings. The first-order valence-corrected chi connectivity index (χ1v) is 6.38. The standard InChI is InChI=1S/C13H17N3O4/c1-20-10-13(17)15-8-6-14(7-9-15)11-4-2-3-5-12(11)16(18)19/h2-5H,6-10H2,1H3. The first-order chi connectivity index (χ1) is 9.63. The molecule has 0 N–H and O–H groups in total. The number of nitro groups is 1. The van der Waals surface area contributed by atoms with E-state index in [2.05, 4.69) is 0 Å². The Morgan fingerprint density at radius 3 is 2.55 bits per heavy atom. The van der Waals surface area contributed by atoms with E-state index in [0.29, 0.717) is 31.9 Å². The molecule has 1 saturated heterocycles. The Balaban J connectivity index is 2.04. The van der Waals surface area contributed by atoms with Crippen LogP contribution in [-0.4, -0.2) is 55.6 Å². The number of nitro benzene ring substituents is 1. The predicted octanol–water partition coefficient (Wildman–Crippen LogP) is 0.890. The molecule has 0 spiro atoms. The molecule has 0 saturated carbocycles. The second-order valence-electron chi connectivity index (χ2n) is 4.55. The molecule has 0 aromatic heterocycles. The van der Waals surface area contributed by atoms with Crippen LogP contribution in [0.25, 0.3) is 0 Å². The molecule has 108 valence electrons. The highest BCUT2D eigenvalue weighted by molar-refractivity contribution is 5.78. The van der Waals surface area contributed by atoms with Gasteiger partial charge in [-0.3, -0.25) is 14.9 Å². The highest BCUT2D eigenvalue weighted by Gasteiger charge is 2.25. The van der Waals surface area contributed by atoms with E-state index in [9.17, 15) is 14.9 Å². The summed E-state index contributed by atoms with van der Waals surface area (Å²) in [5.74, 6) is -0.0466. The first kappa shape index (κ1) is 14.3. The van der Waals surface area contributed by atoms with Crippen molar-refractivity contribution < 1.29 is 14.5 Å². The molecule has 1 aliphatic rings. The van der Waals surface area contributed by atoms with Crippen LogP contribution < -0.4 is 4.90 Å². The third kappa shape index (κ3) is 3.05. The van der Waals surface area contributed by atoms with Crippen LogP contribution >= 0.6 is 0 Å². The molecule has 1 aromatic carbocycles. The van der Waals surface area contributed by atoms with E-state index < -0.39 is 0 Å². The van der Waals surface area contributed by atoms with Crippen LogP contribution in [0.1, 0.15) is 0 Å². The highest BCUT2D eigenvalue weighted by Crippen LogP contribution is 2.28. The zero-order valence-corrected chi connectivity index (χ0v) is 11.3. The number of piperazine rings is 1. The zero-order valence-electron chi connectivity index (χ0n) is 11.3. The van der Waals surface area contributed by atoms with Gasteiger partial charge in [0.25, 0.3) is 5.69 Å². The van der Waals surface area contributed by atoms with Gasteiger partial charge in [0, 0.05) is 39.4 Å². The molecule has 0 atom stereocenters. The molecular weight excluding hydrogens is 262 g/mol. The van der Waals surface area contributed by atoms with Crippen LogP contribution in [0.4, 0.5) is 11.4 Å². The van der Waals surface area contributed by atoms with Crippen molar-refractivity contribution in [3.8, 4) is 0 Å². The van der Waals surface area contributed by atoms with E-state index in [4.69, 9.17) is 4.74 Å². The normalized spacial score (nSPS) is 15.2. The molecule has 7 heteroatoms. The number of benzene rings is 1. The maximum atomic E-state index is 11.7. The number of nitrogens with zero attached hydrogens (tertiary/aromatic N) is 3. The SMILES string of the molecule is COCC(=O)N1CCN(c2ccccc2[N+](=O)[O-])CC1. The lowest BCUT2D eigenvalue weighted by molar-refractivity contribution is -0.384. The van der Waals surface area contributed by atoms with Gasteiger partial charge in [-0.2, -0.15) is 0 Å². The molecular formula is C13H17N3O4. The summed E-state index contributed by atoms with van der Waals surface area (Å²) in [5.41, 5.74) is 0.709. The first-order valence-electron chi connectivity index (χ1n) is 6.38. The average molecular weight is 279 g/mol. The van der Waals surface area contributed by atoms with Crippen molar-refractivity contribution in [3.05, 3.63) is 34.4 Å². The van der Waals surface area contributed by atoms with E-state index in [1.165, 1.54) is 13.2 Å². The lowest BCUT2D eigenvalue weighted by Gasteiger charge is -2.35. The molecule has 1 heterocycles. The number of anilines is 1. The summed E-state index contributed by atoms with van der Waals surface area (Å²) in [6, 6.07) is 6.67. The number of methoxy groups -OCH3 is 1. The van der Waals surface area contributed by atoms with Crippen molar-refractivity contribution in [1.29, 1.82) is 0 Å². The summed E-state index contributed by atoms with van der Waals surface area (Å²) in [6.07, 6.45) is 0. The van der Waals surface area contributed by atoms with Crippen LogP contribution in [0.3, 0.4) is 0 Å². The van der Waals surface area contributed by atoms with Crippen LogP contribution in [-0.2, 0) is 9.53 Å². The third-order valence-electron chi connectivity index (χ3n) is 3.32. The summed E-state index contributed by atoms with van der Waals surface area (Å²) in [7, 11) is 1.49. The number of hydrogen-bond acceptors (Lipinski definition) is 5. The summed E-state index contributed by atoms with van der Waals surface area (Å²) in [5, 5.41) is 11.0. The number of carbonyl (C=O) groups is 1. The molecule has 0 radical (unpaired) electrons. The average Bonchev–Trinajstić information content (AvgIpc) is 2.47. The molecule has 2 rings (SSSR count). The largest absolute Gasteiger partial charge is 0.375 e. The Labute approximate surface area is 116 Å². The van der Waals surface area contributed by atoms with Gasteiger partial charge in [0.15, 0.2) is 0 Å². The molecule has 1 fully saturated rings. The van der Waals surface area contributed by atoms with Crippen LogP contribution in [0.15, 0.2) is 24.3 Å². The van der Waals surface area contributed by atoms with Gasteiger partial charge >= 0.3 is 0 Å². The molecule has 20 heavy (non-hydrogen) atoms. The summed E-state index contributed by atoms with van der Waals surface area (Å²) in [6.45, 7) is 2.34. The number of ether oxygens (including phenoxy) is 1. The smallest absolute Gasteiger partial charge is 0.292 e. The van der Waals surface area contributed by atoms with E-state index in [-0.39, 0.29) is 23.1 Å². The van der Waals surface area contributed by atoms with E-state index >= 15 is 0 Å². The maximum absolute atomic E-state index is 11.7. The fourth-order valence-corrected chi connectivity index (χ4v) is 2.30. The second kappa shape index (κ2) is 6.33. The Hall–Kier alpha value is -2.15. The van der Waals surface area contributed by atoms with Crippen LogP contribution in [0.2, 0.25) is 0 Å². The van der Waals surface area contributed by atoms with Gasteiger partial charge in [-0.05, 0) is 6.07 Å². The Bertz CT molecular complexity index is 498. The molecule has 0 bridgehead atoms. The lowest BCUT2D eigenvalue weighted by Crippen LogP contribution is -2.49. The van der Waals surface area contributed by atoms with Gasteiger partial charge in [0.2, 0.25) is 5.91 Å². The minimum atomic E-state index is -0.377. The van der Waals surface area contributed by atoms with Gasteiger partial charge in [0.05, 0.1) is 4.92 Å². The minimum Gasteiger partial charge on any atom is -0.375 e. The van der Waals surface area contributed by atoms with Crippen molar-refractivity contribution in [2.24, 2.45) is 0 Å². The molecule has 1 aliphatic heterocycles. The van der Waals surface area contributed by atoms with Gasteiger partial charge < -0.3 is 14.5 Å². The number of para-hydroxylation sites is 2. The van der Waals surface area contributed by atoms with Crippen molar-refractivity contribution in [1.82, 2.24) is 4.90 Å². The van der Waals surface area contributed by atoms with E-state index in [0.717, 1.165) is 0 Å². The van der Waals surface area contributed by atoms with Gasteiger partial charge in [-0.1, -0.05) is 12.1 Å². The summed E-state index contributed by atoms with van der Waals surface area (Å²) < 4.78 is 4.82. The van der Waals surface area contributed by atoms with Gasteiger partial charge in [0.1, 0.15) is 12.3 Å². The number of carbonyl (C=O) groups excluding carboxylic acids is 1. The van der Waals surface area contributed by atoms with Crippen molar-refractivity contribution in [3.63, 3.8) is 0 Å². The molecule has 0 unspecified atom stereocenters. The van der Waals surface area contributed by atoms with Crippen molar-refractivity contribution in [2.75, 3.05) is 44.8 Å². The monoisotopic (exact) mass is 279 g/mol. The molecule has 7 nitrogen and oxygen atoms in total. The van der Waals surface area contributed by atoms with Crippen LogP contribution in [0.5, 0.6) is 0 Å². The van der Waals surface area contributed by atoms with Crippen molar-refractivity contribution >= 4 is 17.3 Å². The lowest BCUT2D eigenvalue weighted by atomic mass is 10.2. The van der Waals surface area contributed by atoms with E-state index in [1.807, 2.05) is 4.90 Å². The summed E-state index contributed by atoms with van der Waals surface area (Å²) >= 11 is 0. The fourth-order valence-electron chi connectivity index (χ4n) is 2.30. The van der Waals surface area contributed by atoms with Gasteiger partial charge in [-0.15, -0.1) is 0 Å². The Kier molecular flexibility index (Phi) is 4.52. The highest BCUT2D eigenvalue weighted by atomic mass is 16.6. The molecule has 1 amide bonds. The van der Waals surface area contributed by atoms with Crippen LogP contribution in [0, 0.1) is 10.1 Å². The topological polar surface area (TPSA) is 75.9 Å². The number of rotatable bonds is 4. The number of hydrogen-bond donors (Lipinski definition) is 0. The third-order valence-corrected chi connectivity index (χ3v) is 3.32. The Morgan fingerprint density at radius 1 is 1.30 bits per heavy atom.